The fourth-order valence-corrected chi connectivity index (χ4v) is 3.61. The molecule has 0 radical (unpaired) electrons. The molecule has 1 atom stereocenters. The number of hydrogen-bond donors (Lipinski definition) is 2. The van der Waals surface area contributed by atoms with Gasteiger partial charge in [0, 0.05) is 19.7 Å². The molecule has 9 heteroatoms. The molecule has 1 fully saturated rings. The SMILES string of the molecule is COCC1(CNc2ncnc3sc([N+](=O)[O-])cc23)CCCN1. The Hall–Kier alpha value is -1.84. The summed E-state index contributed by atoms with van der Waals surface area (Å²) in [7, 11) is 1.69. The Balaban J connectivity index is 1.82. The van der Waals surface area contributed by atoms with Crippen molar-refractivity contribution in [3.8, 4) is 0 Å². The summed E-state index contributed by atoms with van der Waals surface area (Å²) in [6.07, 6.45) is 3.55. The highest BCUT2D eigenvalue weighted by Crippen LogP contribution is 2.33. The number of fused-ring (bicyclic) bond motifs is 1. The van der Waals surface area contributed by atoms with Gasteiger partial charge in [0.1, 0.15) is 17.0 Å². The molecule has 2 aromatic heterocycles. The van der Waals surface area contributed by atoms with Gasteiger partial charge in [0.2, 0.25) is 0 Å². The van der Waals surface area contributed by atoms with Gasteiger partial charge >= 0.3 is 5.00 Å². The molecule has 3 rings (SSSR count). The molecule has 0 aromatic carbocycles. The van der Waals surface area contributed by atoms with Gasteiger partial charge in [0.05, 0.1) is 22.5 Å². The Morgan fingerprint density at radius 2 is 2.45 bits per heavy atom. The molecule has 0 bridgehead atoms. The predicted octanol–water partition coefficient (Wildman–Crippen LogP) is 1.78. The van der Waals surface area contributed by atoms with Gasteiger partial charge in [-0.05, 0) is 30.7 Å². The fraction of sp³-hybridized carbons (Fsp3) is 0.538. The van der Waals surface area contributed by atoms with E-state index in [-0.39, 0.29) is 10.5 Å². The highest BCUT2D eigenvalue weighted by molar-refractivity contribution is 7.21. The average Bonchev–Trinajstić information content (AvgIpc) is 3.12. The van der Waals surface area contributed by atoms with Crippen LogP contribution in [-0.2, 0) is 4.74 Å². The van der Waals surface area contributed by atoms with Crippen molar-refractivity contribution < 1.29 is 9.66 Å². The van der Waals surface area contributed by atoms with Crippen LogP contribution in [0.2, 0.25) is 0 Å². The molecule has 1 unspecified atom stereocenters. The third kappa shape index (κ3) is 2.87. The van der Waals surface area contributed by atoms with E-state index >= 15 is 0 Å². The Morgan fingerprint density at radius 1 is 1.59 bits per heavy atom. The number of aromatic nitrogens is 2. The maximum Gasteiger partial charge on any atom is 0.326 e. The first-order chi connectivity index (χ1) is 10.6. The van der Waals surface area contributed by atoms with E-state index in [1.54, 1.807) is 7.11 Å². The van der Waals surface area contributed by atoms with Crippen LogP contribution in [0.1, 0.15) is 12.8 Å². The molecule has 22 heavy (non-hydrogen) atoms. The van der Waals surface area contributed by atoms with Crippen molar-refractivity contribution in [1.82, 2.24) is 15.3 Å². The van der Waals surface area contributed by atoms with Gasteiger partial charge in [-0.15, -0.1) is 0 Å². The summed E-state index contributed by atoms with van der Waals surface area (Å²) < 4.78 is 5.32. The van der Waals surface area contributed by atoms with Crippen LogP contribution in [0.25, 0.3) is 10.2 Å². The molecular weight excluding hydrogens is 306 g/mol. The summed E-state index contributed by atoms with van der Waals surface area (Å²) >= 11 is 1.06. The Morgan fingerprint density at radius 3 is 3.14 bits per heavy atom. The number of nitrogens with zero attached hydrogens (tertiary/aromatic N) is 3. The van der Waals surface area contributed by atoms with Crippen molar-refractivity contribution in [1.29, 1.82) is 0 Å². The molecule has 1 saturated heterocycles. The number of rotatable bonds is 6. The quantitative estimate of drug-likeness (QED) is 0.617. The minimum absolute atomic E-state index is 0.0733. The van der Waals surface area contributed by atoms with E-state index in [1.807, 2.05) is 0 Å². The van der Waals surface area contributed by atoms with Crippen LogP contribution < -0.4 is 10.6 Å². The summed E-state index contributed by atoms with van der Waals surface area (Å²) in [5.74, 6) is 0.624. The maximum atomic E-state index is 10.9. The first-order valence-corrected chi connectivity index (χ1v) is 7.82. The summed E-state index contributed by atoms with van der Waals surface area (Å²) in [4.78, 5) is 19.4. The van der Waals surface area contributed by atoms with E-state index in [9.17, 15) is 10.1 Å². The monoisotopic (exact) mass is 323 g/mol. The molecular formula is C13H17N5O3S. The van der Waals surface area contributed by atoms with Gasteiger partial charge in [0.15, 0.2) is 0 Å². The summed E-state index contributed by atoms with van der Waals surface area (Å²) in [6, 6.07) is 1.52. The van der Waals surface area contributed by atoms with Crippen molar-refractivity contribution in [3.05, 3.63) is 22.5 Å². The molecule has 3 heterocycles. The van der Waals surface area contributed by atoms with Crippen LogP contribution in [0, 0.1) is 10.1 Å². The first kappa shape index (κ1) is 15.1. The Kier molecular flexibility index (Phi) is 4.19. The number of hydrogen-bond acceptors (Lipinski definition) is 8. The third-order valence-corrected chi connectivity index (χ3v) is 4.84. The lowest BCUT2D eigenvalue weighted by Gasteiger charge is -2.29. The van der Waals surface area contributed by atoms with Crippen LogP contribution in [0.15, 0.2) is 12.4 Å². The van der Waals surface area contributed by atoms with E-state index in [0.29, 0.717) is 29.2 Å². The van der Waals surface area contributed by atoms with Crippen LogP contribution in [0.4, 0.5) is 10.8 Å². The van der Waals surface area contributed by atoms with Gasteiger partial charge in [0.25, 0.3) is 0 Å². The second-order valence-electron chi connectivity index (χ2n) is 5.38. The minimum Gasteiger partial charge on any atom is -0.383 e. The lowest BCUT2D eigenvalue weighted by molar-refractivity contribution is -0.380. The normalized spacial score (nSPS) is 21.3. The number of ether oxygens (including phenoxy) is 1. The summed E-state index contributed by atoms with van der Waals surface area (Å²) in [5, 5.41) is 18.4. The van der Waals surface area contributed by atoms with E-state index < -0.39 is 4.92 Å². The smallest absolute Gasteiger partial charge is 0.326 e. The largest absolute Gasteiger partial charge is 0.383 e. The highest BCUT2D eigenvalue weighted by Gasteiger charge is 2.33. The third-order valence-electron chi connectivity index (χ3n) is 3.84. The molecule has 0 spiro atoms. The van der Waals surface area contributed by atoms with Crippen LogP contribution in [0.3, 0.4) is 0 Å². The minimum atomic E-state index is -0.402. The standard InChI is InChI=1S/C13H17N5O3S/c1-21-7-13(3-2-4-17-13)6-14-11-9-5-10(18(19)20)22-12(9)16-8-15-11/h5,8,17H,2-4,6-7H2,1H3,(H,14,15,16). The fourth-order valence-electron chi connectivity index (χ4n) is 2.80. The number of methoxy groups -OCH3 is 1. The summed E-state index contributed by atoms with van der Waals surface area (Å²) in [5.41, 5.74) is -0.117. The number of nitrogens with one attached hydrogen (secondary N) is 2. The molecule has 2 N–H and O–H groups in total. The predicted molar refractivity (Wildman–Crippen MR) is 84.4 cm³/mol. The average molecular weight is 323 g/mol. The second-order valence-corrected chi connectivity index (χ2v) is 6.39. The molecule has 0 amide bonds. The van der Waals surface area contributed by atoms with Gasteiger partial charge in [-0.25, -0.2) is 9.97 Å². The topological polar surface area (TPSA) is 102 Å². The zero-order valence-corrected chi connectivity index (χ0v) is 13.0. The number of thiophene rings is 1. The van der Waals surface area contributed by atoms with E-state index in [2.05, 4.69) is 20.6 Å². The van der Waals surface area contributed by atoms with Crippen LogP contribution in [-0.4, -0.2) is 47.2 Å². The number of nitro groups is 1. The summed E-state index contributed by atoms with van der Waals surface area (Å²) in [6.45, 7) is 2.22. The van der Waals surface area contributed by atoms with E-state index in [1.165, 1.54) is 12.4 Å². The molecule has 2 aromatic rings. The van der Waals surface area contributed by atoms with Gasteiger partial charge in [-0.3, -0.25) is 10.1 Å². The molecule has 1 aliphatic heterocycles. The van der Waals surface area contributed by atoms with E-state index in [4.69, 9.17) is 4.74 Å². The Labute approximate surface area is 131 Å². The van der Waals surface area contributed by atoms with Crippen molar-refractivity contribution in [3.63, 3.8) is 0 Å². The molecule has 1 aliphatic rings. The van der Waals surface area contributed by atoms with E-state index in [0.717, 1.165) is 30.7 Å². The maximum absolute atomic E-state index is 10.9. The van der Waals surface area contributed by atoms with Crippen LogP contribution in [0.5, 0.6) is 0 Å². The zero-order valence-electron chi connectivity index (χ0n) is 12.2. The zero-order chi connectivity index (χ0) is 15.6. The van der Waals surface area contributed by atoms with Gasteiger partial charge in [-0.1, -0.05) is 0 Å². The molecule has 0 aliphatic carbocycles. The van der Waals surface area contributed by atoms with Gasteiger partial charge < -0.3 is 15.4 Å². The second kappa shape index (κ2) is 6.11. The van der Waals surface area contributed by atoms with Crippen molar-refractivity contribution in [2.45, 2.75) is 18.4 Å². The lowest BCUT2D eigenvalue weighted by atomic mass is 9.98. The first-order valence-electron chi connectivity index (χ1n) is 7.00. The van der Waals surface area contributed by atoms with Crippen molar-refractivity contribution >= 4 is 32.4 Å². The highest BCUT2D eigenvalue weighted by atomic mass is 32.1. The molecule has 8 nitrogen and oxygen atoms in total. The molecule has 118 valence electrons. The van der Waals surface area contributed by atoms with Crippen LogP contribution >= 0.6 is 11.3 Å². The van der Waals surface area contributed by atoms with Crippen molar-refractivity contribution in [2.75, 3.05) is 32.1 Å². The Bertz CT molecular complexity index is 683. The number of anilines is 1. The van der Waals surface area contributed by atoms with Gasteiger partial charge in [-0.2, -0.15) is 0 Å². The lowest BCUT2D eigenvalue weighted by Crippen LogP contribution is -2.49. The van der Waals surface area contributed by atoms with Crippen molar-refractivity contribution in [2.24, 2.45) is 0 Å². The molecule has 0 saturated carbocycles.